The Morgan fingerprint density at radius 1 is 1.23 bits per heavy atom. The summed E-state index contributed by atoms with van der Waals surface area (Å²) in [4.78, 5) is 27.1. The average molecular weight is 425 g/mol. The van der Waals surface area contributed by atoms with Crippen LogP contribution in [0, 0.1) is 27.7 Å². The number of halogens is 1. The van der Waals surface area contributed by atoms with Gasteiger partial charge in [0.05, 0.1) is 12.2 Å². The smallest absolute Gasteiger partial charge is 0.253 e. The predicted octanol–water partition coefficient (Wildman–Crippen LogP) is 3.84. The van der Waals surface area contributed by atoms with E-state index >= 15 is 0 Å². The zero-order valence-electron chi connectivity index (χ0n) is 17.5. The second-order valence-electron chi connectivity index (χ2n) is 7.33. The molecule has 0 fully saturated rings. The number of carbonyl (C=O) groups excluding carboxylic acids is 1. The first-order valence-electron chi connectivity index (χ1n) is 9.69. The molecule has 3 aromatic rings. The summed E-state index contributed by atoms with van der Waals surface area (Å²) in [6, 6.07) is 9.55. The van der Waals surface area contributed by atoms with Crippen molar-refractivity contribution < 1.29 is 4.79 Å². The highest BCUT2D eigenvalue weighted by molar-refractivity contribution is 6.31. The minimum atomic E-state index is -0.271. The molecule has 0 unspecified atom stereocenters. The molecule has 0 radical (unpaired) electrons. The summed E-state index contributed by atoms with van der Waals surface area (Å²) in [6.45, 7) is 8.29. The highest BCUT2D eigenvalue weighted by Gasteiger charge is 2.11. The fraction of sp³-hybridized carbons (Fsp3) is 0.261. The molecule has 3 rings (SSSR count). The summed E-state index contributed by atoms with van der Waals surface area (Å²) in [5, 5.41) is 8.05. The van der Waals surface area contributed by atoms with Crippen LogP contribution in [0.5, 0.6) is 0 Å². The number of carbonyl (C=O) groups is 1. The zero-order valence-corrected chi connectivity index (χ0v) is 18.3. The molecule has 0 saturated heterocycles. The lowest BCUT2D eigenvalue weighted by Gasteiger charge is -2.07. The van der Waals surface area contributed by atoms with Crippen LogP contribution in [0.3, 0.4) is 0 Å². The number of pyridine rings is 1. The van der Waals surface area contributed by atoms with Crippen LogP contribution in [-0.2, 0) is 17.9 Å². The monoisotopic (exact) mass is 424 g/mol. The van der Waals surface area contributed by atoms with Gasteiger partial charge in [0.15, 0.2) is 0 Å². The first-order valence-corrected chi connectivity index (χ1v) is 10.1. The Morgan fingerprint density at radius 3 is 2.67 bits per heavy atom. The molecule has 0 bridgehead atoms. The quantitative estimate of drug-likeness (QED) is 0.590. The Morgan fingerprint density at radius 2 is 1.97 bits per heavy atom. The summed E-state index contributed by atoms with van der Waals surface area (Å²) >= 11 is 6.26. The van der Waals surface area contributed by atoms with Crippen LogP contribution >= 0.6 is 11.6 Å². The zero-order chi connectivity index (χ0) is 21.8. The normalized spacial score (nSPS) is 11.2. The molecule has 7 heteroatoms. The standard InChI is InChI=1S/C23H25ClN4O2/c1-14-11-15(2)26-23(30)20(14)12-25-22(29)10-9-19-16(3)27-28(17(19)4)13-18-7-5-6-8-21(18)24/h5-11H,12-13H2,1-4H3,(H,25,29)(H,26,30). The van der Waals surface area contributed by atoms with Gasteiger partial charge in [0.1, 0.15) is 0 Å². The molecule has 0 atom stereocenters. The average Bonchev–Trinajstić information content (AvgIpc) is 2.94. The maximum absolute atomic E-state index is 12.3. The number of nitrogens with zero attached hydrogens (tertiary/aromatic N) is 2. The number of aryl methyl sites for hydroxylation is 3. The summed E-state index contributed by atoms with van der Waals surface area (Å²) in [5.74, 6) is -0.271. The van der Waals surface area contributed by atoms with Gasteiger partial charge in [-0.05, 0) is 57.0 Å². The van der Waals surface area contributed by atoms with Crippen molar-refractivity contribution in [2.24, 2.45) is 0 Å². The summed E-state index contributed by atoms with van der Waals surface area (Å²) in [6.07, 6.45) is 3.22. The molecule has 1 aromatic carbocycles. The van der Waals surface area contributed by atoms with Crippen LogP contribution in [0.15, 0.2) is 41.2 Å². The van der Waals surface area contributed by atoms with E-state index in [4.69, 9.17) is 11.6 Å². The number of aromatic nitrogens is 3. The van der Waals surface area contributed by atoms with Crippen molar-refractivity contribution in [1.29, 1.82) is 0 Å². The third kappa shape index (κ3) is 4.89. The van der Waals surface area contributed by atoms with Gasteiger partial charge in [-0.25, -0.2) is 0 Å². The minimum absolute atomic E-state index is 0.175. The number of rotatable bonds is 6. The molecule has 1 amide bonds. The second-order valence-corrected chi connectivity index (χ2v) is 7.73. The van der Waals surface area contributed by atoms with Crippen LogP contribution < -0.4 is 10.9 Å². The Kier molecular flexibility index (Phi) is 6.57. The Bertz CT molecular complexity index is 1170. The summed E-state index contributed by atoms with van der Waals surface area (Å²) < 4.78 is 1.88. The SMILES string of the molecule is Cc1cc(C)c(CNC(=O)C=Cc2c(C)nn(Cc3ccccc3Cl)c2C)c(=O)[nH]1. The molecule has 0 saturated carbocycles. The molecule has 2 aromatic heterocycles. The fourth-order valence-corrected chi connectivity index (χ4v) is 3.58. The van der Waals surface area contributed by atoms with Gasteiger partial charge in [0.2, 0.25) is 5.91 Å². The number of aromatic amines is 1. The van der Waals surface area contributed by atoms with Crippen molar-refractivity contribution >= 4 is 23.6 Å². The molecular formula is C23H25ClN4O2. The van der Waals surface area contributed by atoms with Gasteiger partial charge in [0.25, 0.3) is 5.56 Å². The van der Waals surface area contributed by atoms with Crippen LogP contribution in [0.25, 0.3) is 6.08 Å². The van der Waals surface area contributed by atoms with Crippen LogP contribution in [0.4, 0.5) is 0 Å². The highest BCUT2D eigenvalue weighted by atomic mass is 35.5. The number of hydrogen-bond donors (Lipinski definition) is 2. The van der Waals surface area contributed by atoms with Gasteiger partial charge in [-0.2, -0.15) is 5.10 Å². The van der Waals surface area contributed by atoms with Crippen LogP contribution in [-0.4, -0.2) is 20.7 Å². The van der Waals surface area contributed by atoms with Crippen LogP contribution in [0.2, 0.25) is 5.02 Å². The Hall–Kier alpha value is -3.12. The van der Waals surface area contributed by atoms with Gasteiger partial charge in [-0.3, -0.25) is 14.3 Å². The largest absolute Gasteiger partial charge is 0.348 e. The Balaban J connectivity index is 1.70. The number of amides is 1. The molecule has 2 N–H and O–H groups in total. The predicted molar refractivity (Wildman–Crippen MR) is 120 cm³/mol. The minimum Gasteiger partial charge on any atom is -0.348 e. The van der Waals surface area contributed by atoms with Gasteiger partial charge in [0, 0.05) is 40.2 Å². The molecule has 0 aliphatic carbocycles. The van der Waals surface area contributed by atoms with E-state index in [-0.39, 0.29) is 18.0 Å². The number of nitrogens with one attached hydrogen (secondary N) is 2. The van der Waals surface area contributed by atoms with Crippen LogP contribution in [0.1, 0.15) is 39.3 Å². The lowest BCUT2D eigenvalue weighted by atomic mass is 10.1. The summed E-state index contributed by atoms with van der Waals surface area (Å²) in [5.41, 5.74) is 5.68. The third-order valence-electron chi connectivity index (χ3n) is 5.05. The number of benzene rings is 1. The molecule has 156 valence electrons. The van der Waals surface area contributed by atoms with Gasteiger partial charge in [-0.1, -0.05) is 29.8 Å². The number of H-pyrrole nitrogens is 1. The first-order chi connectivity index (χ1) is 14.3. The van der Waals surface area contributed by atoms with E-state index in [1.54, 1.807) is 6.08 Å². The molecule has 6 nitrogen and oxygen atoms in total. The van der Waals surface area contributed by atoms with Crippen molar-refractivity contribution in [1.82, 2.24) is 20.1 Å². The van der Waals surface area contributed by atoms with Crippen molar-refractivity contribution in [3.05, 3.63) is 91.1 Å². The molecule has 0 aliphatic heterocycles. The molecule has 2 heterocycles. The van der Waals surface area contributed by atoms with Crippen molar-refractivity contribution in [2.45, 2.75) is 40.8 Å². The highest BCUT2D eigenvalue weighted by Crippen LogP contribution is 2.20. The van der Waals surface area contributed by atoms with Crippen molar-refractivity contribution in [3.63, 3.8) is 0 Å². The van der Waals surface area contributed by atoms with E-state index in [2.05, 4.69) is 15.4 Å². The van der Waals surface area contributed by atoms with E-state index in [1.807, 2.05) is 62.7 Å². The van der Waals surface area contributed by atoms with E-state index in [1.165, 1.54) is 6.08 Å². The maximum Gasteiger partial charge on any atom is 0.253 e. The van der Waals surface area contributed by atoms with E-state index in [0.29, 0.717) is 17.1 Å². The molecule has 0 aliphatic rings. The third-order valence-corrected chi connectivity index (χ3v) is 5.42. The molecule has 30 heavy (non-hydrogen) atoms. The lowest BCUT2D eigenvalue weighted by molar-refractivity contribution is -0.116. The fourth-order valence-electron chi connectivity index (χ4n) is 3.39. The topological polar surface area (TPSA) is 79.8 Å². The Labute approximate surface area is 180 Å². The van der Waals surface area contributed by atoms with E-state index in [9.17, 15) is 9.59 Å². The van der Waals surface area contributed by atoms with E-state index in [0.717, 1.165) is 33.8 Å². The van der Waals surface area contributed by atoms with Crippen molar-refractivity contribution in [3.8, 4) is 0 Å². The summed E-state index contributed by atoms with van der Waals surface area (Å²) in [7, 11) is 0. The molecular weight excluding hydrogens is 400 g/mol. The van der Waals surface area contributed by atoms with Gasteiger partial charge in [-0.15, -0.1) is 0 Å². The van der Waals surface area contributed by atoms with Gasteiger partial charge < -0.3 is 10.3 Å². The second kappa shape index (κ2) is 9.13. The molecule has 0 spiro atoms. The first kappa shape index (κ1) is 21.6. The van der Waals surface area contributed by atoms with Gasteiger partial charge >= 0.3 is 0 Å². The van der Waals surface area contributed by atoms with E-state index < -0.39 is 0 Å². The number of hydrogen-bond acceptors (Lipinski definition) is 3. The van der Waals surface area contributed by atoms with Crippen molar-refractivity contribution in [2.75, 3.05) is 0 Å². The lowest BCUT2D eigenvalue weighted by Crippen LogP contribution is -2.26. The maximum atomic E-state index is 12.3.